The van der Waals surface area contributed by atoms with Crippen LogP contribution in [0, 0.1) is 6.92 Å². The maximum Gasteiger partial charge on any atom is 0.274 e. The van der Waals surface area contributed by atoms with Crippen LogP contribution in [0.4, 0.5) is 0 Å². The van der Waals surface area contributed by atoms with Crippen LogP contribution in [0.2, 0.25) is 0 Å². The molecule has 3 rings (SSSR count). The molecule has 112 valence electrons. The summed E-state index contributed by atoms with van der Waals surface area (Å²) < 4.78 is 4.94. The molecule has 1 N–H and O–H groups in total. The molecule has 0 radical (unpaired) electrons. The number of nitrogens with one attached hydrogen (secondary N) is 1. The number of hydrogen-bond donors (Lipinski definition) is 1. The van der Waals surface area contributed by atoms with Gasteiger partial charge in [-0.3, -0.25) is 4.79 Å². The molecule has 2 heterocycles. The Morgan fingerprint density at radius 1 is 1.27 bits per heavy atom. The van der Waals surface area contributed by atoms with Gasteiger partial charge in [-0.2, -0.15) is 15.0 Å². The van der Waals surface area contributed by atoms with Crippen LogP contribution in [-0.2, 0) is 6.54 Å². The van der Waals surface area contributed by atoms with Crippen LogP contribution in [0.1, 0.15) is 27.9 Å². The first-order chi connectivity index (χ1) is 10.7. The van der Waals surface area contributed by atoms with Crippen molar-refractivity contribution in [2.24, 2.45) is 0 Å². The summed E-state index contributed by atoms with van der Waals surface area (Å²) in [6, 6.07) is 11.0. The van der Waals surface area contributed by atoms with E-state index in [0.29, 0.717) is 12.3 Å². The summed E-state index contributed by atoms with van der Waals surface area (Å²) in [6.07, 6.45) is 3.20. The first-order valence-electron chi connectivity index (χ1n) is 6.85. The van der Waals surface area contributed by atoms with E-state index in [1.54, 1.807) is 25.4 Å². The van der Waals surface area contributed by atoms with Gasteiger partial charge < -0.3 is 9.84 Å². The molecule has 0 saturated heterocycles. The fraction of sp³-hybridized carbons (Fsp3) is 0.200. The lowest BCUT2D eigenvalue weighted by atomic mass is 10.1. The summed E-state index contributed by atoms with van der Waals surface area (Å²) in [5, 5.41) is 14.8. The van der Waals surface area contributed by atoms with E-state index in [1.807, 2.05) is 30.3 Å². The largest absolute Gasteiger partial charge is 0.361 e. The van der Waals surface area contributed by atoms with Crippen molar-refractivity contribution in [3.63, 3.8) is 0 Å². The van der Waals surface area contributed by atoms with Crippen molar-refractivity contribution in [1.29, 1.82) is 0 Å². The fourth-order valence-electron chi connectivity index (χ4n) is 2.13. The Balaban J connectivity index is 1.80. The van der Waals surface area contributed by atoms with Gasteiger partial charge in [-0.1, -0.05) is 35.5 Å². The Morgan fingerprint density at radius 2 is 2.00 bits per heavy atom. The van der Waals surface area contributed by atoms with E-state index in [2.05, 4.69) is 20.7 Å². The van der Waals surface area contributed by atoms with Crippen molar-refractivity contribution >= 4 is 5.91 Å². The molecule has 0 aliphatic carbocycles. The zero-order valence-electron chi connectivity index (χ0n) is 12.0. The van der Waals surface area contributed by atoms with Crippen LogP contribution < -0.4 is 5.32 Å². The Morgan fingerprint density at radius 3 is 2.64 bits per heavy atom. The predicted octanol–water partition coefficient (Wildman–Crippen LogP) is 1.75. The topological polar surface area (TPSA) is 85.8 Å². The van der Waals surface area contributed by atoms with Gasteiger partial charge in [-0.25, -0.2) is 0 Å². The van der Waals surface area contributed by atoms with Crippen molar-refractivity contribution in [3.8, 4) is 0 Å². The van der Waals surface area contributed by atoms with Gasteiger partial charge in [0.05, 0.1) is 25.0 Å². The molecule has 3 aromatic rings. The molecule has 2 aromatic heterocycles. The molecule has 7 nitrogen and oxygen atoms in total. The summed E-state index contributed by atoms with van der Waals surface area (Å²) in [5.74, 6) is 0.299. The second kappa shape index (κ2) is 6.21. The summed E-state index contributed by atoms with van der Waals surface area (Å²) in [7, 11) is 0. The zero-order chi connectivity index (χ0) is 15.4. The number of rotatable bonds is 5. The fourth-order valence-corrected chi connectivity index (χ4v) is 2.13. The quantitative estimate of drug-likeness (QED) is 0.775. The van der Waals surface area contributed by atoms with E-state index in [1.165, 1.54) is 4.80 Å². The number of aromatic nitrogens is 4. The molecule has 22 heavy (non-hydrogen) atoms. The van der Waals surface area contributed by atoms with Crippen LogP contribution in [0.15, 0.2) is 53.3 Å². The number of amides is 1. The second-order valence-electron chi connectivity index (χ2n) is 4.84. The Hall–Kier alpha value is -2.96. The number of carbonyl (C=O) groups is 1. The van der Waals surface area contributed by atoms with Crippen molar-refractivity contribution in [1.82, 2.24) is 25.5 Å². The highest BCUT2D eigenvalue weighted by Crippen LogP contribution is 2.15. The molecule has 0 bridgehead atoms. The third-order valence-corrected chi connectivity index (χ3v) is 3.18. The van der Waals surface area contributed by atoms with Crippen LogP contribution >= 0.6 is 0 Å². The number of aryl methyl sites for hydroxylation is 1. The Kier molecular flexibility index (Phi) is 3.95. The average Bonchev–Trinajstić information content (AvgIpc) is 3.19. The van der Waals surface area contributed by atoms with Crippen molar-refractivity contribution in [2.45, 2.75) is 19.5 Å². The van der Waals surface area contributed by atoms with E-state index in [0.717, 1.165) is 5.56 Å². The van der Waals surface area contributed by atoms with E-state index >= 15 is 0 Å². The number of carbonyl (C=O) groups excluding carboxylic acids is 1. The van der Waals surface area contributed by atoms with E-state index < -0.39 is 0 Å². The maximum absolute atomic E-state index is 12.3. The van der Waals surface area contributed by atoms with Gasteiger partial charge in [-0.15, -0.1) is 0 Å². The molecule has 0 fully saturated rings. The minimum absolute atomic E-state index is 0.256. The monoisotopic (exact) mass is 297 g/mol. The molecular formula is C15H15N5O2. The lowest BCUT2D eigenvalue weighted by molar-refractivity contribution is 0.0921. The molecule has 0 unspecified atom stereocenters. The van der Waals surface area contributed by atoms with Gasteiger partial charge in [0.1, 0.15) is 5.76 Å². The Bertz CT molecular complexity index is 736. The predicted molar refractivity (Wildman–Crippen MR) is 77.9 cm³/mol. The molecule has 0 aliphatic rings. The van der Waals surface area contributed by atoms with E-state index in [9.17, 15) is 4.79 Å². The highest BCUT2D eigenvalue weighted by Gasteiger charge is 2.19. The van der Waals surface area contributed by atoms with Gasteiger partial charge in [0, 0.05) is 6.07 Å². The molecule has 0 spiro atoms. The van der Waals surface area contributed by atoms with Crippen molar-refractivity contribution in [2.75, 3.05) is 0 Å². The van der Waals surface area contributed by atoms with E-state index in [-0.39, 0.29) is 17.6 Å². The smallest absolute Gasteiger partial charge is 0.274 e. The minimum atomic E-state index is -0.294. The highest BCUT2D eigenvalue weighted by molar-refractivity contribution is 5.92. The number of nitrogens with zero attached hydrogens (tertiary/aromatic N) is 4. The van der Waals surface area contributed by atoms with Gasteiger partial charge in [0.25, 0.3) is 5.91 Å². The first kappa shape index (κ1) is 14.0. The summed E-state index contributed by atoms with van der Waals surface area (Å²) in [5.41, 5.74) is 1.22. The molecular weight excluding hydrogens is 282 g/mol. The lowest BCUT2D eigenvalue weighted by Crippen LogP contribution is -2.32. The Labute approximate surface area is 126 Å². The molecule has 1 amide bonds. The normalized spacial score (nSPS) is 12.0. The summed E-state index contributed by atoms with van der Waals surface area (Å²) in [4.78, 5) is 13.8. The summed E-state index contributed by atoms with van der Waals surface area (Å²) in [6.45, 7) is 2.17. The van der Waals surface area contributed by atoms with Crippen molar-refractivity contribution < 1.29 is 9.32 Å². The van der Waals surface area contributed by atoms with Gasteiger partial charge in [0.2, 0.25) is 0 Å². The standard InChI is InChI=1S/C15H15N5O2/c1-11-9-13(19-22-11)15(21)18-14(10-20-16-7-8-17-20)12-5-3-2-4-6-12/h2-9,14H,10H2,1H3,(H,18,21)/t14-/m0/s1. The molecule has 0 aliphatic heterocycles. The number of hydrogen-bond acceptors (Lipinski definition) is 5. The highest BCUT2D eigenvalue weighted by atomic mass is 16.5. The van der Waals surface area contributed by atoms with Gasteiger partial charge in [0.15, 0.2) is 5.69 Å². The van der Waals surface area contributed by atoms with Crippen LogP contribution in [-0.4, -0.2) is 26.1 Å². The van der Waals surface area contributed by atoms with Gasteiger partial charge >= 0.3 is 0 Å². The first-order valence-corrected chi connectivity index (χ1v) is 6.85. The molecule has 7 heteroatoms. The van der Waals surface area contributed by atoms with Gasteiger partial charge in [-0.05, 0) is 12.5 Å². The van der Waals surface area contributed by atoms with Crippen LogP contribution in [0.5, 0.6) is 0 Å². The lowest BCUT2D eigenvalue weighted by Gasteiger charge is -2.18. The van der Waals surface area contributed by atoms with Crippen molar-refractivity contribution in [3.05, 3.63) is 65.8 Å². The van der Waals surface area contributed by atoms with E-state index in [4.69, 9.17) is 4.52 Å². The molecule has 1 aromatic carbocycles. The zero-order valence-corrected chi connectivity index (χ0v) is 12.0. The van der Waals surface area contributed by atoms with Crippen LogP contribution in [0.3, 0.4) is 0 Å². The third-order valence-electron chi connectivity index (χ3n) is 3.18. The second-order valence-corrected chi connectivity index (χ2v) is 4.84. The minimum Gasteiger partial charge on any atom is -0.361 e. The summed E-state index contributed by atoms with van der Waals surface area (Å²) >= 11 is 0. The molecule has 0 saturated carbocycles. The maximum atomic E-state index is 12.3. The average molecular weight is 297 g/mol. The number of benzene rings is 1. The van der Waals surface area contributed by atoms with Crippen LogP contribution in [0.25, 0.3) is 0 Å². The SMILES string of the molecule is Cc1cc(C(=O)N[C@@H](Cn2nccn2)c2ccccc2)no1. The third kappa shape index (κ3) is 3.20. The molecule has 1 atom stereocenters.